The molecule has 1 aliphatic rings. The van der Waals surface area contributed by atoms with E-state index in [2.05, 4.69) is 10.3 Å². The van der Waals surface area contributed by atoms with Gasteiger partial charge in [-0.05, 0) is 42.4 Å². The zero-order valence-electron chi connectivity index (χ0n) is 8.88. The van der Waals surface area contributed by atoms with Crippen LogP contribution in [0.5, 0.6) is 0 Å². The molecule has 82 valence electrons. The van der Waals surface area contributed by atoms with Crippen LogP contribution in [0.3, 0.4) is 0 Å². The highest BCUT2D eigenvalue weighted by molar-refractivity contribution is 6.17. The van der Waals surface area contributed by atoms with E-state index >= 15 is 0 Å². The van der Waals surface area contributed by atoms with Gasteiger partial charge in [0.1, 0.15) is 0 Å². The maximum Gasteiger partial charge on any atom is 0.0271 e. The summed E-state index contributed by atoms with van der Waals surface area (Å²) >= 11 is 5.79. The molecule has 1 fully saturated rings. The summed E-state index contributed by atoms with van der Waals surface area (Å²) in [7, 11) is 0. The van der Waals surface area contributed by atoms with Crippen molar-refractivity contribution >= 4 is 11.6 Å². The number of alkyl halides is 1. The summed E-state index contributed by atoms with van der Waals surface area (Å²) in [5.41, 5.74) is 1.82. The Kier molecular flexibility index (Phi) is 3.60. The first-order valence-electron chi connectivity index (χ1n) is 5.50. The zero-order chi connectivity index (χ0) is 10.6. The third-order valence-corrected chi connectivity index (χ3v) is 3.35. The zero-order valence-corrected chi connectivity index (χ0v) is 9.63. The van der Waals surface area contributed by atoms with Crippen molar-refractivity contribution in [2.24, 2.45) is 5.41 Å². The maximum absolute atomic E-state index is 5.79. The number of nitrogens with one attached hydrogen (secondary N) is 1. The maximum atomic E-state index is 5.79. The standard InChI is InChI=1S/C12H17ClN2/c13-6-5-12(3-4-12)10-15-9-11-1-7-14-8-2-11/h1-2,7-8,15H,3-6,9-10H2. The first-order chi connectivity index (χ1) is 7.35. The molecule has 0 aromatic carbocycles. The monoisotopic (exact) mass is 224 g/mol. The van der Waals surface area contributed by atoms with Crippen molar-refractivity contribution in [3.63, 3.8) is 0 Å². The second-order valence-electron chi connectivity index (χ2n) is 4.40. The Bertz CT molecular complexity index is 296. The lowest BCUT2D eigenvalue weighted by Crippen LogP contribution is -2.23. The molecule has 0 aliphatic heterocycles. The van der Waals surface area contributed by atoms with Crippen LogP contribution in [0.4, 0.5) is 0 Å². The average Bonchev–Trinajstić information content (AvgIpc) is 3.00. The minimum atomic E-state index is 0.523. The van der Waals surface area contributed by atoms with E-state index in [9.17, 15) is 0 Å². The highest BCUT2D eigenvalue weighted by Gasteiger charge is 2.40. The molecule has 2 nitrogen and oxygen atoms in total. The van der Waals surface area contributed by atoms with Crippen molar-refractivity contribution < 1.29 is 0 Å². The molecule has 1 saturated carbocycles. The Morgan fingerprint density at radius 1 is 1.33 bits per heavy atom. The number of hydrogen-bond donors (Lipinski definition) is 1. The predicted octanol–water partition coefficient (Wildman–Crippen LogP) is 2.58. The molecule has 0 spiro atoms. The number of rotatable bonds is 6. The smallest absolute Gasteiger partial charge is 0.0271 e. The third-order valence-electron chi connectivity index (χ3n) is 3.16. The van der Waals surface area contributed by atoms with E-state index in [1.807, 2.05) is 24.5 Å². The Balaban J connectivity index is 1.71. The Morgan fingerprint density at radius 2 is 2.07 bits per heavy atom. The summed E-state index contributed by atoms with van der Waals surface area (Å²) in [6, 6.07) is 4.10. The number of nitrogens with zero attached hydrogens (tertiary/aromatic N) is 1. The average molecular weight is 225 g/mol. The van der Waals surface area contributed by atoms with Crippen LogP contribution in [0, 0.1) is 5.41 Å². The van der Waals surface area contributed by atoms with Crippen molar-refractivity contribution in [3.8, 4) is 0 Å². The van der Waals surface area contributed by atoms with Crippen LogP contribution in [-0.2, 0) is 6.54 Å². The number of hydrogen-bond acceptors (Lipinski definition) is 2. The van der Waals surface area contributed by atoms with Crippen LogP contribution in [-0.4, -0.2) is 17.4 Å². The molecule has 1 aliphatic carbocycles. The van der Waals surface area contributed by atoms with Gasteiger partial charge >= 0.3 is 0 Å². The van der Waals surface area contributed by atoms with E-state index in [1.54, 1.807) is 0 Å². The largest absolute Gasteiger partial charge is 0.312 e. The normalized spacial score (nSPS) is 17.7. The van der Waals surface area contributed by atoms with Crippen LogP contribution in [0.15, 0.2) is 24.5 Å². The summed E-state index contributed by atoms with van der Waals surface area (Å²) in [5.74, 6) is 0.789. The SMILES string of the molecule is ClCCC1(CNCc2ccncc2)CC1. The van der Waals surface area contributed by atoms with Crippen molar-refractivity contribution in [2.45, 2.75) is 25.8 Å². The lowest BCUT2D eigenvalue weighted by Gasteiger charge is -2.14. The van der Waals surface area contributed by atoms with Gasteiger partial charge < -0.3 is 5.32 Å². The summed E-state index contributed by atoms with van der Waals surface area (Å²) in [6.45, 7) is 2.04. The Hall–Kier alpha value is -0.600. The fraction of sp³-hybridized carbons (Fsp3) is 0.583. The predicted molar refractivity (Wildman–Crippen MR) is 62.9 cm³/mol. The van der Waals surface area contributed by atoms with Gasteiger partial charge in [0, 0.05) is 31.4 Å². The molecule has 1 N–H and O–H groups in total. The first kappa shape index (κ1) is 10.9. The molecule has 3 heteroatoms. The molecule has 0 atom stereocenters. The van der Waals surface area contributed by atoms with Crippen molar-refractivity contribution in [1.82, 2.24) is 10.3 Å². The van der Waals surface area contributed by atoms with Gasteiger partial charge in [0.2, 0.25) is 0 Å². The number of aromatic nitrogens is 1. The molecule has 1 aromatic heterocycles. The molecule has 15 heavy (non-hydrogen) atoms. The van der Waals surface area contributed by atoms with E-state index < -0.39 is 0 Å². The van der Waals surface area contributed by atoms with Crippen LogP contribution < -0.4 is 5.32 Å². The van der Waals surface area contributed by atoms with Crippen molar-refractivity contribution in [3.05, 3.63) is 30.1 Å². The molecule has 0 amide bonds. The van der Waals surface area contributed by atoms with Crippen LogP contribution in [0.25, 0.3) is 0 Å². The van der Waals surface area contributed by atoms with Crippen LogP contribution >= 0.6 is 11.6 Å². The van der Waals surface area contributed by atoms with Gasteiger partial charge in [-0.15, -0.1) is 11.6 Å². The number of pyridine rings is 1. The van der Waals surface area contributed by atoms with Crippen molar-refractivity contribution in [1.29, 1.82) is 0 Å². The van der Waals surface area contributed by atoms with Gasteiger partial charge in [-0.25, -0.2) is 0 Å². The minimum Gasteiger partial charge on any atom is -0.312 e. The van der Waals surface area contributed by atoms with E-state index in [0.29, 0.717) is 5.41 Å². The molecule has 0 radical (unpaired) electrons. The van der Waals surface area contributed by atoms with Crippen LogP contribution in [0.1, 0.15) is 24.8 Å². The molecule has 1 heterocycles. The molecule has 2 rings (SSSR count). The Morgan fingerprint density at radius 3 is 2.67 bits per heavy atom. The highest BCUT2D eigenvalue weighted by atomic mass is 35.5. The second-order valence-corrected chi connectivity index (χ2v) is 4.78. The Labute approximate surface area is 96.1 Å². The second kappa shape index (κ2) is 4.95. The summed E-state index contributed by atoms with van der Waals surface area (Å²) in [5, 5.41) is 3.50. The van der Waals surface area contributed by atoms with Gasteiger partial charge in [0.15, 0.2) is 0 Å². The molecular formula is C12H17ClN2. The van der Waals surface area contributed by atoms with Gasteiger partial charge in [-0.2, -0.15) is 0 Å². The molecule has 0 unspecified atom stereocenters. The molecule has 0 saturated heterocycles. The third kappa shape index (κ3) is 3.18. The van der Waals surface area contributed by atoms with E-state index in [1.165, 1.54) is 18.4 Å². The lowest BCUT2D eigenvalue weighted by molar-refractivity contribution is 0.445. The molecule has 1 aromatic rings. The van der Waals surface area contributed by atoms with Crippen LogP contribution in [0.2, 0.25) is 0 Å². The highest BCUT2D eigenvalue weighted by Crippen LogP contribution is 2.48. The summed E-state index contributed by atoms with van der Waals surface area (Å²) < 4.78 is 0. The topological polar surface area (TPSA) is 24.9 Å². The van der Waals surface area contributed by atoms with E-state index in [-0.39, 0.29) is 0 Å². The van der Waals surface area contributed by atoms with Crippen molar-refractivity contribution in [2.75, 3.05) is 12.4 Å². The summed E-state index contributed by atoms with van der Waals surface area (Å²) in [6.07, 6.45) is 7.50. The van der Waals surface area contributed by atoms with Gasteiger partial charge in [0.05, 0.1) is 0 Å². The van der Waals surface area contributed by atoms with Gasteiger partial charge in [0.25, 0.3) is 0 Å². The fourth-order valence-electron chi connectivity index (χ4n) is 1.87. The first-order valence-corrected chi connectivity index (χ1v) is 6.04. The molecular weight excluding hydrogens is 208 g/mol. The minimum absolute atomic E-state index is 0.523. The van der Waals surface area contributed by atoms with E-state index in [0.717, 1.165) is 25.4 Å². The van der Waals surface area contributed by atoms with Gasteiger partial charge in [-0.3, -0.25) is 4.98 Å². The van der Waals surface area contributed by atoms with E-state index in [4.69, 9.17) is 11.6 Å². The quantitative estimate of drug-likeness (QED) is 0.752. The fourth-order valence-corrected chi connectivity index (χ4v) is 2.27. The number of halogens is 1. The molecule has 0 bridgehead atoms. The van der Waals surface area contributed by atoms with Gasteiger partial charge in [-0.1, -0.05) is 0 Å². The summed E-state index contributed by atoms with van der Waals surface area (Å²) in [4.78, 5) is 4.00. The lowest BCUT2D eigenvalue weighted by atomic mass is 10.0.